The molecule has 3 heterocycles. The number of β-lactam (4-membered cyclic amide) rings is 1. The molecule has 0 saturated carbocycles. The number of amides is 2. The number of carbonyl (C=O) groups excluding carboxylic acids is 2. The van der Waals surface area contributed by atoms with Crippen LogP contribution >= 0.6 is 23.1 Å². The summed E-state index contributed by atoms with van der Waals surface area (Å²) in [5.74, 6) is -1.54. The minimum atomic E-state index is -1.15. The largest absolute Gasteiger partial charge is 0.477 e. The molecule has 0 aliphatic carbocycles. The van der Waals surface area contributed by atoms with E-state index in [0.29, 0.717) is 22.2 Å². The molecule has 2 unspecified atom stereocenters. The number of carboxylic acid groups (broad SMARTS) is 1. The molecule has 0 spiro atoms. The molecular formula is C14H14N4O4S2. The SMILES string of the molecule is C/C=C(\C(=O)NC1C(=O)N2C(C(=O)O)=CCSC12)c1csc(N)n1. The third kappa shape index (κ3) is 2.67. The normalized spacial score (nSPS) is 23.2. The van der Waals surface area contributed by atoms with Crippen molar-refractivity contribution in [3.05, 3.63) is 28.9 Å². The number of nitrogens with one attached hydrogen (secondary N) is 1. The van der Waals surface area contributed by atoms with E-state index in [-0.39, 0.29) is 5.70 Å². The molecule has 2 aliphatic rings. The summed E-state index contributed by atoms with van der Waals surface area (Å²) in [4.78, 5) is 41.1. The van der Waals surface area contributed by atoms with Gasteiger partial charge in [0.1, 0.15) is 17.1 Å². The van der Waals surface area contributed by atoms with Crippen LogP contribution in [0.25, 0.3) is 5.57 Å². The number of allylic oxidation sites excluding steroid dienone is 1. The van der Waals surface area contributed by atoms with Gasteiger partial charge in [0.05, 0.1) is 11.3 Å². The third-order valence-corrected chi connectivity index (χ3v) is 5.54. The molecule has 24 heavy (non-hydrogen) atoms. The summed E-state index contributed by atoms with van der Waals surface area (Å²) in [5.41, 5.74) is 6.32. The zero-order valence-electron chi connectivity index (χ0n) is 12.6. The molecule has 4 N–H and O–H groups in total. The van der Waals surface area contributed by atoms with Gasteiger partial charge in [-0.15, -0.1) is 23.1 Å². The van der Waals surface area contributed by atoms with Crippen LogP contribution in [0.5, 0.6) is 0 Å². The molecule has 2 atom stereocenters. The maximum Gasteiger partial charge on any atom is 0.352 e. The maximum absolute atomic E-state index is 12.5. The average molecular weight is 366 g/mol. The lowest BCUT2D eigenvalue weighted by Gasteiger charge is -2.48. The number of nitrogens with two attached hydrogens (primary N) is 1. The number of carboxylic acids is 1. The zero-order valence-corrected chi connectivity index (χ0v) is 14.2. The van der Waals surface area contributed by atoms with Crippen molar-refractivity contribution in [3.63, 3.8) is 0 Å². The standard InChI is InChI=1S/C14H14N4O4S2/c1-2-6(7-5-24-14(15)16-7)10(19)17-9-11(20)18-8(13(21)22)3-4-23-12(9)18/h2-3,5,9,12H,4H2,1H3,(H2,15,16)(H,17,19)(H,21,22)/b6-2-. The first kappa shape index (κ1) is 16.5. The van der Waals surface area contributed by atoms with Crippen LogP contribution in [0.1, 0.15) is 12.6 Å². The van der Waals surface area contributed by atoms with Gasteiger partial charge in [-0.25, -0.2) is 9.78 Å². The molecule has 8 nitrogen and oxygen atoms in total. The van der Waals surface area contributed by atoms with Crippen LogP contribution in [0, 0.1) is 0 Å². The summed E-state index contributed by atoms with van der Waals surface area (Å²) in [7, 11) is 0. The Kier molecular flexibility index (Phi) is 4.33. The first-order valence-corrected chi connectivity index (χ1v) is 8.93. The number of nitrogens with zero attached hydrogens (tertiary/aromatic N) is 2. The smallest absolute Gasteiger partial charge is 0.352 e. The molecule has 1 saturated heterocycles. The van der Waals surface area contributed by atoms with Crippen molar-refractivity contribution in [2.45, 2.75) is 18.3 Å². The van der Waals surface area contributed by atoms with Crippen LogP contribution < -0.4 is 11.1 Å². The molecule has 10 heteroatoms. The highest BCUT2D eigenvalue weighted by atomic mass is 32.2. The van der Waals surface area contributed by atoms with Crippen molar-refractivity contribution < 1.29 is 19.5 Å². The number of thioether (sulfide) groups is 1. The van der Waals surface area contributed by atoms with Gasteiger partial charge in [0.2, 0.25) is 0 Å². The summed E-state index contributed by atoms with van der Waals surface area (Å²) in [6.07, 6.45) is 3.09. The van der Waals surface area contributed by atoms with Crippen LogP contribution in [0.2, 0.25) is 0 Å². The number of fused-ring (bicyclic) bond motifs is 1. The van der Waals surface area contributed by atoms with Gasteiger partial charge < -0.3 is 16.2 Å². The zero-order chi connectivity index (χ0) is 17.4. The van der Waals surface area contributed by atoms with Crippen LogP contribution in [0.4, 0.5) is 5.13 Å². The van der Waals surface area contributed by atoms with Gasteiger partial charge in [0, 0.05) is 11.1 Å². The number of thiazole rings is 1. The van der Waals surface area contributed by atoms with E-state index in [1.807, 2.05) is 0 Å². The second-order valence-corrected chi connectivity index (χ2v) is 7.09. The Labute approximate surface area is 145 Å². The average Bonchev–Trinajstić information content (AvgIpc) is 2.98. The monoisotopic (exact) mass is 366 g/mol. The van der Waals surface area contributed by atoms with Crippen molar-refractivity contribution in [2.24, 2.45) is 0 Å². The summed E-state index contributed by atoms with van der Waals surface area (Å²) in [6.45, 7) is 1.69. The highest BCUT2D eigenvalue weighted by molar-refractivity contribution is 8.00. The highest BCUT2D eigenvalue weighted by Crippen LogP contribution is 2.37. The molecule has 0 aromatic carbocycles. The molecule has 2 aliphatic heterocycles. The van der Waals surface area contributed by atoms with Crippen molar-refractivity contribution in [1.82, 2.24) is 15.2 Å². The summed E-state index contributed by atoms with van der Waals surface area (Å²) in [5, 5.41) is 13.4. The van der Waals surface area contributed by atoms with Crippen molar-refractivity contribution >= 4 is 51.6 Å². The van der Waals surface area contributed by atoms with Crippen molar-refractivity contribution in [3.8, 4) is 0 Å². The molecule has 0 bridgehead atoms. The first-order chi connectivity index (χ1) is 11.4. The molecule has 1 aromatic rings. The van der Waals surface area contributed by atoms with Crippen molar-refractivity contribution in [2.75, 3.05) is 11.5 Å². The number of rotatable bonds is 4. The topological polar surface area (TPSA) is 126 Å². The van der Waals surface area contributed by atoms with E-state index in [4.69, 9.17) is 10.8 Å². The van der Waals surface area contributed by atoms with E-state index in [1.165, 1.54) is 34.1 Å². The lowest BCUT2D eigenvalue weighted by molar-refractivity contribution is -0.150. The van der Waals surface area contributed by atoms with E-state index >= 15 is 0 Å². The summed E-state index contributed by atoms with van der Waals surface area (Å²) >= 11 is 2.63. The fourth-order valence-corrected chi connectivity index (χ4v) is 4.32. The molecule has 126 valence electrons. The molecular weight excluding hydrogens is 352 g/mol. The number of anilines is 1. The quantitative estimate of drug-likeness (QED) is 0.523. The predicted molar refractivity (Wildman–Crippen MR) is 90.9 cm³/mol. The summed E-state index contributed by atoms with van der Waals surface area (Å²) < 4.78 is 0. The van der Waals surface area contributed by atoms with Gasteiger partial charge >= 0.3 is 5.97 Å². The molecule has 1 fully saturated rings. The van der Waals surface area contributed by atoms with Crippen LogP contribution in [0.15, 0.2) is 23.2 Å². The highest BCUT2D eigenvalue weighted by Gasteiger charge is 2.52. The van der Waals surface area contributed by atoms with Crippen molar-refractivity contribution in [1.29, 1.82) is 0 Å². The predicted octanol–water partition coefficient (Wildman–Crippen LogP) is 0.497. The van der Waals surface area contributed by atoms with E-state index in [2.05, 4.69) is 10.3 Å². The Bertz CT molecular complexity index is 785. The molecule has 0 radical (unpaired) electrons. The van der Waals surface area contributed by atoms with Gasteiger partial charge in [-0.2, -0.15) is 0 Å². The van der Waals surface area contributed by atoms with Crippen LogP contribution in [0.3, 0.4) is 0 Å². The van der Waals surface area contributed by atoms with Gasteiger partial charge in [-0.05, 0) is 13.0 Å². The molecule has 3 rings (SSSR count). The fraction of sp³-hybridized carbons (Fsp3) is 0.286. The number of hydrogen-bond donors (Lipinski definition) is 3. The van der Waals surface area contributed by atoms with Gasteiger partial charge in [-0.3, -0.25) is 14.5 Å². The minimum absolute atomic E-state index is 0.0345. The number of hydrogen-bond acceptors (Lipinski definition) is 7. The van der Waals surface area contributed by atoms with Crippen LogP contribution in [-0.2, 0) is 14.4 Å². The number of aromatic nitrogens is 1. The third-order valence-electron chi connectivity index (χ3n) is 3.68. The van der Waals surface area contributed by atoms with Gasteiger partial charge in [0.25, 0.3) is 11.8 Å². The first-order valence-electron chi connectivity index (χ1n) is 7.00. The maximum atomic E-state index is 12.5. The minimum Gasteiger partial charge on any atom is -0.477 e. The molecule has 1 aromatic heterocycles. The molecule has 2 amide bonds. The number of carbonyl (C=O) groups is 3. The van der Waals surface area contributed by atoms with E-state index in [1.54, 1.807) is 18.4 Å². The Balaban J connectivity index is 1.73. The van der Waals surface area contributed by atoms with E-state index in [0.717, 1.165) is 0 Å². The lowest BCUT2D eigenvalue weighted by atomic mass is 10.0. The van der Waals surface area contributed by atoms with E-state index in [9.17, 15) is 14.4 Å². The Morgan fingerprint density at radius 3 is 2.88 bits per heavy atom. The second-order valence-electron chi connectivity index (χ2n) is 5.05. The van der Waals surface area contributed by atoms with E-state index < -0.39 is 29.2 Å². The Morgan fingerprint density at radius 2 is 2.29 bits per heavy atom. The summed E-state index contributed by atoms with van der Waals surface area (Å²) in [6, 6.07) is -0.753. The number of aliphatic carboxylic acids is 1. The number of nitrogen functional groups attached to an aromatic ring is 1. The van der Waals surface area contributed by atoms with Crippen LogP contribution in [-0.4, -0.2) is 49.9 Å². The Hall–Kier alpha value is -2.33. The van der Waals surface area contributed by atoms with Gasteiger partial charge in [-0.1, -0.05) is 6.08 Å². The lowest BCUT2D eigenvalue weighted by Crippen LogP contribution is -2.70. The van der Waals surface area contributed by atoms with Gasteiger partial charge in [0.15, 0.2) is 5.13 Å². The Morgan fingerprint density at radius 1 is 1.54 bits per heavy atom. The second kappa shape index (κ2) is 6.29. The fourth-order valence-electron chi connectivity index (χ4n) is 2.56.